The molecule has 1 aromatic carbocycles. The van der Waals surface area contributed by atoms with Gasteiger partial charge in [0.25, 0.3) is 5.95 Å². The number of anilines is 2. The van der Waals surface area contributed by atoms with Gasteiger partial charge < -0.3 is 5.32 Å². The molecule has 0 bridgehead atoms. The molecule has 8 heteroatoms. The van der Waals surface area contributed by atoms with Crippen LogP contribution in [0.4, 0.5) is 11.5 Å². The Bertz CT molecular complexity index is 1120. The van der Waals surface area contributed by atoms with E-state index < -0.39 is 0 Å². The van der Waals surface area contributed by atoms with Crippen molar-refractivity contribution in [1.82, 2.24) is 19.7 Å². The number of hydrogen-bond donors (Lipinski definition) is 1. The van der Waals surface area contributed by atoms with E-state index >= 15 is 0 Å². The van der Waals surface area contributed by atoms with E-state index in [-0.39, 0.29) is 11.2 Å². The number of carbonyl (C=O) groups excluding carboxylic acids is 1. The van der Waals surface area contributed by atoms with Crippen LogP contribution in [0.1, 0.15) is 47.7 Å². The Labute approximate surface area is 179 Å². The van der Waals surface area contributed by atoms with Gasteiger partial charge in [-0.2, -0.15) is 0 Å². The van der Waals surface area contributed by atoms with Crippen LogP contribution >= 0.6 is 23.2 Å². The number of benzene rings is 1. The maximum atomic E-state index is 13.0. The lowest BCUT2D eigenvalue weighted by molar-refractivity contribution is 0.0911. The number of nitrogens with zero attached hydrogens (tertiary/aromatic N) is 4. The first-order chi connectivity index (χ1) is 13.6. The Hall–Kier alpha value is -2.44. The number of carbonyl (C=O) groups is 1. The molecule has 4 rings (SSSR count). The lowest BCUT2D eigenvalue weighted by atomic mass is 9.76. The topological polar surface area (TPSA) is 72.7 Å². The molecule has 150 valence electrons. The van der Waals surface area contributed by atoms with Crippen molar-refractivity contribution in [3.63, 3.8) is 0 Å². The molecule has 0 fully saturated rings. The first-order valence-corrected chi connectivity index (χ1v) is 10.1. The number of aromatic nitrogens is 4. The first kappa shape index (κ1) is 19.9. The third-order valence-electron chi connectivity index (χ3n) is 4.89. The fourth-order valence-corrected chi connectivity index (χ4v) is 4.01. The molecule has 29 heavy (non-hydrogen) atoms. The molecule has 2 heterocycles. The van der Waals surface area contributed by atoms with Gasteiger partial charge >= 0.3 is 0 Å². The van der Waals surface area contributed by atoms with Crippen LogP contribution in [0.15, 0.2) is 24.3 Å². The molecule has 2 aromatic heterocycles. The number of halogens is 2. The van der Waals surface area contributed by atoms with Crippen molar-refractivity contribution in [1.29, 1.82) is 0 Å². The summed E-state index contributed by atoms with van der Waals surface area (Å²) in [4.78, 5) is 22.1. The predicted octanol–water partition coefficient (Wildman–Crippen LogP) is 5.48. The van der Waals surface area contributed by atoms with E-state index in [0.717, 1.165) is 17.1 Å². The van der Waals surface area contributed by atoms with Gasteiger partial charge in [0.05, 0.1) is 21.3 Å². The van der Waals surface area contributed by atoms with E-state index in [1.807, 2.05) is 19.9 Å². The molecule has 1 aliphatic carbocycles. The van der Waals surface area contributed by atoms with Crippen LogP contribution in [0.3, 0.4) is 0 Å². The van der Waals surface area contributed by atoms with Crippen molar-refractivity contribution in [3.05, 3.63) is 57.0 Å². The molecular formula is C21H21Cl2N5O. The van der Waals surface area contributed by atoms with Gasteiger partial charge in [0.15, 0.2) is 11.6 Å². The fourth-order valence-electron chi connectivity index (χ4n) is 3.71. The summed E-state index contributed by atoms with van der Waals surface area (Å²) in [5.74, 6) is 0.988. The maximum absolute atomic E-state index is 13.0. The van der Waals surface area contributed by atoms with Gasteiger partial charge in [-0.1, -0.05) is 37.0 Å². The van der Waals surface area contributed by atoms with Crippen LogP contribution in [0.5, 0.6) is 0 Å². The zero-order valence-electron chi connectivity index (χ0n) is 16.7. The van der Waals surface area contributed by atoms with E-state index in [9.17, 15) is 4.79 Å². The predicted molar refractivity (Wildman–Crippen MR) is 115 cm³/mol. The van der Waals surface area contributed by atoms with Crippen molar-refractivity contribution in [2.45, 2.75) is 40.5 Å². The van der Waals surface area contributed by atoms with Gasteiger partial charge in [0.2, 0.25) is 0 Å². The van der Waals surface area contributed by atoms with Crippen LogP contribution in [0.2, 0.25) is 10.0 Å². The minimum absolute atomic E-state index is 0.0504. The number of aryl methyl sites for hydroxylation is 2. The highest BCUT2D eigenvalue weighted by molar-refractivity contribution is 6.42. The molecule has 0 unspecified atom stereocenters. The number of Topliss-reactive ketones (excluding diaryl/α,β-unsaturated/α-hetero) is 1. The molecule has 0 saturated carbocycles. The molecule has 1 aliphatic rings. The van der Waals surface area contributed by atoms with Gasteiger partial charge in [-0.15, -0.1) is 5.10 Å². The molecule has 0 amide bonds. The summed E-state index contributed by atoms with van der Waals surface area (Å²) in [5.41, 5.74) is 3.62. The average Bonchev–Trinajstić information content (AvgIpc) is 2.94. The van der Waals surface area contributed by atoms with Gasteiger partial charge in [0.1, 0.15) is 0 Å². The maximum Gasteiger partial charge on any atom is 0.251 e. The molecule has 3 aromatic rings. The quantitative estimate of drug-likeness (QED) is 0.595. The Balaban J connectivity index is 1.87. The Morgan fingerprint density at radius 2 is 1.72 bits per heavy atom. The van der Waals surface area contributed by atoms with Crippen LogP contribution in [0, 0.1) is 19.3 Å². The summed E-state index contributed by atoms with van der Waals surface area (Å²) in [5, 5.41) is 8.81. The summed E-state index contributed by atoms with van der Waals surface area (Å²) in [6.45, 7) is 8.00. The van der Waals surface area contributed by atoms with Crippen molar-refractivity contribution in [3.8, 4) is 5.95 Å². The smallest absolute Gasteiger partial charge is 0.251 e. The summed E-state index contributed by atoms with van der Waals surface area (Å²) >= 11 is 12.2. The lowest BCUT2D eigenvalue weighted by Gasteiger charge is -2.28. The van der Waals surface area contributed by atoms with E-state index in [0.29, 0.717) is 45.9 Å². The molecule has 0 aliphatic heterocycles. The third-order valence-corrected chi connectivity index (χ3v) is 5.63. The van der Waals surface area contributed by atoms with E-state index in [2.05, 4.69) is 29.1 Å². The largest absolute Gasteiger partial charge is 0.338 e. The Morgan fingerprint density at radius 1 is 1.03 bits per heavy atom. The number of rotatable bonds is 3. The van der Waals surface area contributed by atoms with Gasteiger partial charge in [-0.05, 0) is 49.9 Å². The summed E-state index contributed by atoms with van der Waals surface area (Å²) in [6, 6.07) is 7.11. The lowest BCUT2D eigenvalue weighted by Crippen LogP contribution is -2.28. The monoisotopic (exact) mass is 429 g/mol. The molecule has 6 nitrogen and oxygen atoms in total. The summed E-state index contributed by atoms with van der Waals surface area (Å²) in [6.07, 6.45) is 1.15. The van der Waals surface area contributed by atoms with Gasteiger partial charge in [-0.3, -0.25) is 4.79 Å². The summed E-state index contributed by atoms with van der Waals surface area (Å²) in [7, 11) is 0. The van der Waals surface area contributed by atoms with E-state index in [4.69, 9.17) is 28.3 Å². The molecule has 0 radical (unpaired) electrons. The SMILES string of the molecule is Cc1cc(C)nc(-n2nc(Nc3ccc(Cl)c(Cl)c3)c3c2CC(C)(C)CC3=O)n1. The zero-order chi connectivity index (χ0) is 20.9. The normalized spacial score (nSPS) is 15.3. The minimum Gasteiger partial charge on any atom is -0.338 e. The van der Waals surface area contributed by atoms with Gasteiger partial charge in [0, 0.05) is 23.5 Å². The first-order valence-electron chi connectivity index (χ1n) is 9.33. The number of hydrogen-bond acceptors (Lipinski definition) is 5. The van der Waals surface area contributed by atoms with Crippen LogP contribution in [0.25, 0.3) is 5.95 Å². The highest BCUT2D eigenvalue weighted by atomic mass is 35.5. The average molecular weight is 430 g/mol. The second kappa shape index (κ2) is 7.11. The standard InChI is InChI=1S/C21H21Cl2N5O/c1-11-7-12(2)25-20(24-11)28-16-9-21(3,4)10-17(29)18(16)19(27-28)26-13-5-6-14(22)15(23)8-13/h5-8H,9-10H2,1-4H3,(H,26,27). The summed E-state index contributed by atoms with van der Waals surface area (Å²) < 4.78 is 1.69. The van der Waals surface area contributed by atoms with E-state index in [1.165, 1.54) is 0 Å². The van der Waals surface area contributed by atoms with Crippen LogP contribution in [-0.2, 0) is 6.42 Å². The van der Waals surface area contributed by atoms with Crippen molar-refractivity contribution in [2.75, 3.05) is 5.32 Å². The molecule has 0 atom stereocenters. The molecule has 0 spiro atoms. The van der Waals surface area contributed by atoms with Crippen molar-refractivity contribution < 1.29 is 4.79 Å². The highest BCUT2D eigenvalue weighted by Crippen LogP contribution is 2.39. The van der Waals surface area contributed by atoms with Gasteiger partial charge in [-0.25, -0.2) is 14.6 Å². The second-order valence-corrected chi connectivity index (χ2v) is 9.04. The van der Waals surface area contributed by atoms with Crippen molar-refractivity contribution in [2.24, 2.45) is 5.41 Å². The van der Waals surface area contributed by atoms with Crippen LogP contribution in [-0.4, -0.2) is 25.5 Å². The number of ketones is 1. The molecule has 0 saturated heterocycles. The zero-order valence-corrected chi connectivity index (χ0v) is 18.2. The number of nitrogens with one attached hydrogen (secondary N) is 1. The van der Waals surface area contributed by atoms with Crippen molar-refractivity contribution >= 4 is 40.5 Å². The second-order valence-electron chi connectivity index (χ2n) is 8.23. The third kappa shape index (κ3) is 3.87. The fraction of sp³-hybridized carbons (Fsp3) is 0.333. The number of fused-ring (bicyclic) bond motifs is 1. The van der Waals surface area contributed by atoms with E-state index in [1.54, 1.807) is 22.9 Å². The highest BCUT2D eigenvalue weighted by Gasteiger charge is 2.37. The molecular weight excluding hydrogens is 409 g/mol. The Morgan fingerprint density at radius 3 is 2.38 bits per heavy atom. The Kier molecular flexibility index (Phi) is 4.87. The minimum atomic E-state index is -0.165. The van der Waals surface area contributed by atoms with Crippen LogP contribution < -0.4 is 5.32 Å². The molecule has 1 N–H and O–H groups in total.